The molecule has 1 aromatic heterocycles. The van der Waals surface area contributed by atoms with E-state index in [1.54, 1.807) is 6.92 Å². The highest BCUT2D eigenvalue weighted by atomic mass is 79.9. The van der Waals surface area contributed by atoms with Crippen molar-refractivity contribution in [3.8, 4) is 5.75 Å². The lowest BCUT2D eigenvalue weighted by Crippen LogP contribution is -2.21. The van der Waals surface area contributed by atoms with Crippen LogP contribution in [-0.2, 0) is 22.4 Å². The Balaban J connectivity index is 1.75. The van der Waals surface area contributed by atoms with Crippen LogP contribution in [0.4, 0.5) is 5.00 Å². The maximum atomic E-state index is 12.5. The Morgan fingerprint density at radius 1 is 1.36 bits per heavy atom. The summed E-state index contributed by atoms with van der Waals surface area (Å²) in [7, 11) is 0. The Hall–Kier alpha value is -1.86. The monoisotopic (exact) mass is 465 g/mol. The minimum absolute atomic E-state index is 0.136. The zero-order valence-electron chi connectivity index (χ0n) is 16.3. The molecule has 1 heterocycles. The molecule has 1 unspecified atom stereocenters. The number of thiophene rings is 1. The number of nitrogens with one attached hydrogen (secondary N) is 1. The molecule has 1 aromatic carbocycles. The molecule has 0 fully saturated rings. The van der Waals surface area contributed by atoms with Crippen LogP contribution in [0.2, 0.25) is 0 Å². The van der Waals surface area contributed by atoms with Gasteiger partial charge in [-0.25, -0.2) is 4.79 Å². The average Bonchev–Trinajstić information content (AvgIpc) is 2.97. The van der Waals surface area contributed by atoms with Crippen molar-refractivity contribution in [1.82, 2.24) is 0 Å². The van der Waals surface area contributed by atoms with E-state index >= 15 is 0 Å². The van der Waals surface area contributed by atoms with Crippen LogP contribution in [0.25, 0.3) is 0 Å². The molecule has 0 aliphatic heterocycles. The Labute approximate surface area is 177 Å². The van der Waals surface area contributed by atoms with Crippen LogP contribution in [0.1, 0.15) is 46.6 Å². The Bertz CT molecular complexity index is 893. The van der Waals surface area contributed by atoms with E-state index in [1.807, 2.05) is 25.1 Å². The fourth-order valence-corrected chi connectivity index (χ4v) is 5.31. The number of halogens is 1. The summed E-state index contributed by atoms with van der Waals surface area (Å²) < 4.78 is 11.7. The third-order valence-corrected chi connectivity index (χ3v) is 6.48. The van der Waals surface area contributed by atoms with Crippen LogP contribution >= 0.6 is 27.3 Å². The van der Waals surface area contributed by atoms with Crippen LogP contribution in [0.15, 0.2) is 22.7 Å². The topological polar surface area (TPSA) is 64.6 Å². The molecule has 1 amide bonds. The van der Waals surface area contributed by atoms with Gasteiger partial charge in [-0.2, -0.15) is 0 Å². The number of benzene rings is 1. The first kappa shape index (κ1) is 20.9. The van der Waals surface area contributed by atoms with Crippen LogP contribution in [-0.4, -0.2) is 25.1 Å². The van der Waals surface area contributed by atoms with Gasteiger partial charge in [0.2, 0.25) is 0 Å². The van der Waals surface area contributed by atoms with Crippen LogP contribution in [0.5, 0.6) is 5.75 Å². The van der Waals surface area contributed by atoms with Gasteiger partial charge in [0, 0.05) is 4.88 Å². The first-order valence-corrected chi connectivity index (χ1v) is 11.0. The van der Waals surface area contributed by atoms with Crippen LogP contribution in [0, 0.1) is 12.8 Å². The summed E-state index contributed by atoms with van der Waals surface area (Å²) >= 11 is 4.92. The number of carbonyl (C=O) groups is 2. The van der Waals surface area contributed by atoms with E-state index in [2.05, 4.69) is 28.2 Å². The lowest BCUT2D eigenvalue weighted by Gasteiger charge is -2.18. The van der Waals surface area contributed by atoms with E-state index < -0.39 is 0 Å². The number of esters is 1. The molecule has 150 valence electrons. The number of ether oxygens (including phenoxy) is 2. The lowest BCUT2D eigenvalue weighted by atomic mass is 9.88. The standard InChI is InChI=1S/C21H24BrNO4S/c1-4-26-21(25)19-14-7-5-13(3)10-17(14)28-20(19)23-18(24)11-27-16-8-6-12(2)9-15(16)22/h6,8-9,13H,4-5,7,10-11H2,1-3H3,(H,23,24). The predicted molar refractivity (Wildman–Crippen MR) is 114 cm³/mol. The zero-order valence-corrected chi connectivity index (χ0v) is 18.7. The third kappa shape index (κ3) is 4.75. The van der Waals surface area contributed by atoms with E-state index in [9.17, 15) is 9.59 Å². The third-order valence-electron chi connectivity index (χ3n) is 4.69. The first-order valence-electron chi connectivity index (χ1n) is 9.39. The molecule has 28 heavy (non-hydrogen) atoms. The molecule has 7 heteroatoms. The van der Waals surface area contributed by atoms with Gasteiger partial charge in [-0.05, 0) is 78.2 Å². The van der Waals surface area contributed by atoms with Crippen molar-refractivity contribution in [2.45, 2.75) is 40.0 Å². The Morgan fingerprint density at radius 2 is 2.14 bits per heavy atom. The lowest BCUT2D eigenvalue weighted by molar-refractivity contribution is -0.118. The molecule has 1 aliphatic rings. The molecule has 5 nitrogen and oxygen atoms in total. The number of hydrogen-bond donors (Lipinski definition) is 1. The molecule has 1 atom stereocenters. The van der Waals surface area contributed by atoms with Gasteiger partial charge in [0.15, 0.2) is 6.61 Å². The highest BCUT2D eigenvalue weighted by Crippen LogP contribution is 2.40. The number of amides is 1. The van der Waals surface area contributed by atoms with Gasteiger partial charge in [0.1, 0.15) is 10.8 Å². The second-order valence-corrected chi connectivity index (χ2v) is 9.01. The molecule has 0 saturated heterocycles. The quantitative estimate of drug-likeness (QED) is 0.599. The van der Waals surface area contributed by atoms with Gasteiger partial charge in [-0.3, -0.25) is 4.79 Å². The van der Waals surface area contributed by atoms with Crippen molar-refractivity contribution in [2.24, 2.45) is 5.92 Å². The molecule has 1 aliphatic carbocycles. The van der Waals surface area contributed by atoms with Crippen molar-refractivity contribution < 1.29 is 19.1 Å². The van der Waals surface area contributed by atoms with E-state index in [0.717, 1.165) is 34.9 Å². The zero-order chi connectivity index (χ0) is 20.3. The number of carbonyl (C=O) groups excluding carboxylic acids is 2. The maximum Gasteiger partial charge on any atom is 0.341 e. The molecular formula is C21H24BrNO4S. The smallest absolute Gasteiger partial charge is 0.341 e. The summed E-state index contributed by atoms with van der Waals surface area (Å²) in [5, 5.41) is 3.43. The van der Waals surface area contributed by atoms with Crippen molar-refractivity contribution in [3.63, 3.8) is 0 Å². The van der Waals surface area contributed by atoms with Crippen molar-refractivity contribution in [3.05, 3.63) is 44.2 Å². The van der Waals surface area contributed by atoms with Crippen molar-refractivity contribution >= 4 is 44.1 Å². The highest BCUT2D eigenvalue weighted by molar-refractivity contribution is 9.10. The fourth-order valence-electron chi connectivity index (χ4n) is 3.29. The van der Waals surface area contributed by atoms with E-state index in [-0.39, 0.29) is 18.5 Å². The summed E-state index contributed by atoms with van der Waals surface area (Å²) in [4.78, 5) is 26.2. The first-order chi connectivity index (χ1) is 13.4. The molecule has 0 spiro atoms. The predicted octanol–water partition coefficient (Wildman–Crippen LogP) is 5.14. The highest BCUT2D eigenvalue weighted by Gasteiger charge is 2.29. The summed E-state index contributed by atoms with van der Waals surface area (Å²) in [6, 6.07) is 5.67. The second-order valence-electron chi connectivity index (χ2n) is 7.05. The minimum atomic E-state index is -0.368. The molecule has 3 rings (SSSR count). The number of rotatable bonds is 6. The number of fused-ring (bicyclic) bond motifs is 1. The van der Waals surface area contributed by atoms with Gasteiger partial charge in [-0.15, -0.1) is 11.3 Å². The summed E-state index contributed by atoms with van der Waals surface area (Å²) in [5.41, 5.74) is 2.64. The summed E-state index contributed by atoms with van der Waals surface area (Å²) in [6.45, 7) is 6.14. The maximum absolute atomic E-state index is 12.5. The van der Waals surface area contributed by atoms with Crippen molar-refractivity contribution in [1.29, 1.82) is 0 Å². The van der Waals surface area contributed by atoms with E-state index in [1.165, 1.54) is 16.2 Å². The van der Waals surface area contributed by atoms with E-state index in [0.29, 0.717) is 28.8 Å². The summed E-state index contributed by atoms with van der Waals surface area (Å²) in [5.74, 6) is 0.509. The van der Waals surface area contributed by atoms with Crippen LogP contribution < -0.4 is 10.1 Å². The summed E-state index contributed by atoms with van der Waals surface area (Å²) in [6.07, 6.45) is 2.80. The average molecular weight is 466 g/mol. The molecule has 1 N–H and O–H groups in total. The number of hydrogen-bond acceptors (Lipinski definition) is 5. The molecule has 0 radical (unpaired) electrons. The number of anilines is 1. The normalized spacial score (nSPS) is 15.6. The molecule has 2 aromatic rings. The minimum Gasteiger partial charge on any atom is -0.483 e. The molecule has 0 saturated carbocycles. The van der Waals surface area contributed by atoms with Crippen molar-refractivity contribution in [2.75, 3.05) is 18.5 Å². The molecular weight excluding hydrogens is 442 g/mol. The van der Waals surface area contributed by atoms with Crippen LogP contribution in [0.3, 0.4) is 0 Å². The Kier molecular flexibility index (Phi) is 6.78. The van der Waals surface area contributed by atoms with Gasteiger partial charge in [0.25, 0.3) is 5.91 Å². The number of aryl methyl sites for hydroxylation is 1. The van der Waals surface area contributed by atoms with Gasteiger partial charge >= 0.3 is 5.97 Å². The SMILES string of the molecule is CCOC(=O)c1c(NC(=O)COc2ccc(C)cc2Br)sc2c1CCC(C)C2. The van der Waals surface area contributed by atoms with Gasteiger partial charge in [-0.1, -0.05) is 13.0 Å². The second kappa shape index (κ2) is 9.09. The largest absolute Gasteiger partial charge is 0.483 e. The van der Waals surface area contributed by atoms with Gasteiger partial charge < -0.3 is 14.8 Å². The Morgan fingerprint density at radius 3 is 2.86 bits per heavy atom. The van der Waals surface area contributed by atoms with E-state index in [4.69, 9.17) is 9.47 Å². The molecule has 0 bridgehead atoms. The fraction of sp³-hybridized carbons (Fsp3) is 0.429. The van der Waals surface area contributed by atoms with Gasteiger partial charge in [0.05, 0.1) is 16.6 Å².